The zero-order valence-corrected chi connectivity index (χ0v) is 19.5. The van der Waals surface area contributed by atoms with Crippen LogP contribution in [0.3, 0.4) is 0 Å². The number of rotatable bonds is 4. The first kappa shape index (κ1) is 22.0. The second-order valence-corrected chi connectivity index (χ2v) is 9.22. The van der Waals surface area contributed by atoms with E-state index in [4.69, 9.17) is 0 Å². The van der Waals surface area contributed by atoms with E-state index in [0.717, 1.165) is 33.4 Å². The first-order chi connectivity index (χ1) is 14.0. The monoisotopic (exact) mass is 402 g/mol. The van der Waals surface area contributed by atoms with Gasteiger partial charge in [0, 0.05) is 0 Å². The first-order valence-electron chi connectivity index (χ1n) is 10.8. The van der Waals surface area contributed by atoms with Crippen LogP contribution in [0.5, 0.6) is 11.5 Å². The molecule has 0 fully saturated rings. The Hall–Kier alpha value is -2.74. The average Bonchev–Trinajstić information content (AvgIpc) is 2.68. The topological polar surface area (TPSA) is 40.5 Å². The predicted molar refractivity (Wildman–Crippen MR) is 128 cm³/mol. The third-order valence-electron chi connectivity index (χ3n) is 6.06. The highest BCUT2D eigenvalue weighted by atomic mass is 16.3. The van der Waals surface area contributed by atoms with Gasteiger partial charge in [-0.15, -0.1) is 0 Å². The first-order valence-corrected chi connectivity index (χ1v) is 10.8. The van der Waals surface area contributed by atoms with Crippen molar-refractivity contribution in [3.8, 4) is 33.8 Å². The van der Waals surface area contributed by atoms with Crippen LogP contribution in [-0.4, -0.2) is 10.2 Å². The molecule has 0 saturated heterocycles. The molecule has 3 aromatic rings. The van der Waals surface area contributed by atoms with Gasteiger partial charge in [0.25, 0.3) is 0 Å². The minimum Gasteiger partial charge on any atom is -0.507 e. The Labute approximate surface area is 181 Å². The highest BCUT2D eigenvalue weighted by Gasteiger charge is 2.22. The van der Waals surface area contributed by atoms with Crippen molar-refractivity contribution in [2.75, 3.05) is 0 Å². The maximum absolute atomic E-state index is 10.4. The molecule has 158 valence electrons. The Bertz CT molecular complexity index is 1060. The van der Waals surface area contributed by atoms with Crippen LogP contribution in [0.25, 0.3) is 22.3 Å². The van der Waals surface area contributed by atoms with Crippen molar-refractivity contribution in [2.45, 2.75) is 67.2 Å². The van der Waals surface area contributed by atoms with Gasteiger partial charge in [-0.3, -0.25) is 0 Å². The van der Waals surface area contributed by atoms with Crippen LogP contribution in [0.2, 0.25) is 0 Å². The molecule has 0 aliphatic rings. The predicted octanol–water partition coefficient (Wildman–Crippen LogP) is 7.91. The van der Waals surface area contributed by atoms with E-state index >= 15 is 0 Å². The van der Waals surface area contributed by atoms with Gasteiger partial charge < -0.3 is 10.2 Å². The summed E-state index contributed by atoms with van der Waals surface area (Å²) in [5, 5.41) is 20.7. The van der Waals surface area contributed by atoms with E-state index in [2.05, 4.69) is 64.1 Å². The van der Waals surface area contributed by atoms with Crippen LogP contribution < -0.4 is 0 Å². The molecule has 0 bridgehead atoms. The Morgan fingerprint density at radius 1 is 0.600 bits per heavy atom. The van der Waals surface area contributed by atoms with Gasteiger partial charge in [0.05, 0.1) is 0 Å². The van der Waals surface area contributed by atoms with E-state index < -0.39 is 0 Å². The summed E-state index contributed by atoms with van der Waals surface area (Å²) in [4.78, 5) is 0. The third kappa shape index (κ3) is 3.84. The highest BCUT2D eigenvalue weighted by molar-refractivity contribution is 5.88. The lowest BCUT2D eigenvalue weighted by molar-refractivity contribution is 0.466. The molecule has 0 aromatic heterocycles. The van der Waals surface area contributed by atoms with Crippen LogP contribution in [0.1, 0.15) is 72.9 Å². The maximum atomic E-state index is 10.4. The summed E-state index contributed by atoms with van der Waals surface area (Å²) in [5.74, 6) is 1.49. The average molecular weight is 403 g/mol. The summed E-state index contributed by atoms with van der Waals surface area (Å²) < 4.78 is 0. The number of aryl methyl sites for hydroxylation is 4. The second kappa shape index (κ2) is 8.18. The number of phenols is 2. The lowest BCUT2D eigenvalue weighted by atomic mass is 9.79. The standard InChI is InChI=1S/C28H34O2/c1-15(2)23-9-10-24(21-11-17(5)27(29)18(6)12-21)26(25(23)16(3)4)22-13-19(7)28(30)20(8)14-22/h9-16,29-30H,1-8H3. The van der Waals surface area contributed by atoms with E-state index in [0.29, 0.717) is 23.3 Å². The molecule has 0 amide bonds. The number of phenolic OH excluding ortho intramolecular Hbond substituents is 2. The lowest BCUT2D eigenvalue weighted by Crippen LogP contribution is -2.04. The summed E-state index contributed by atoms with van der Waals surface area (Å²) in [5.41, 5.74) is 10.9. The minimum atomic E-state index is 0.353. The fourth-order valence-corrected chi connectivity index (χ4v) is 4.52. The molecule has 0 saturated carbocycles. The molecule has 0 aliphatic heterocycles. The highest BCUT2D eigenvalue weighted by Crippen LogP contribution is 2.44. The molecule has 0 heterocycles. The summed E-state index contributed by atoms with van der Waals surface area (Å²) in [6, 6.07) is 12.8. The summed E-state index contributed by atoms with van der Waals surface area (Å²) >= 11 is 0. The summed E-state index contributed by atoms with van der Waals surface area (Å²) in [6.07, 6.45) is 0. The minimum absolute atomic E-state index is 0.353. The van der Waals surface area contributed by atoms with E-state index in [1.165, 1.54) is 22.3 Å². The van der Waals surface area contributed by atoms with Crippen molar-refractivity contribution < 1.29 is 10.2 Å². The molecule has 30 heavy (non-hydrogen) atoms. The van der Waals surface area contributed by atoms with Crippen molar-refractivity contribution in [2.24, 2.45) is 0 Å². The largest absolute Gasteiger partial charge is 0.507 e. The molecule has 2 N–H and O–H groups in total. The molecule has 0 spiro atoms. The smallest absolute Gasteiger partial charge is 0.121 e. The molecule has 3 aromatic carbocycles. The van der Waals surface area contributed by atoms with Gasteiger partial charge in [0.1, 0.15) is 11.5 Å². The lowest BCUT2D eigenvalue weighted by Gasteiger charge is -2.25. The number of benzene rings is 3. The van der Waals surface area contributed by atoms with Crippen LogP contribution in [0, 0.1) is 27.7 Å². The van der Waals surface area contributed by atoms with Crippen LogP contribution in [-0.2, 0) is 0 Å². The number of aromatic hydroxyl groups is 2. The molecule has 2 heteroatoms. The molecule has 2 nitrogen and oxygen atoms in total. The van der Waals surface area contributed by atoms with E-state index in [1.807, 2.05) is 27.7 Å². The number of hydrogen-bond acceptors (Lipinski definition) is 2. The van der Waals surface area contributed by atoms with Crippen molar-refractivity contribution in [3.63, 3.8) is 0 Å². The molecule has 3 rings (SSSR count). The van der Waals surface area contributed by atoms with E-state index in [9.17, 15) is 10.2 Å². The molecular weight excluding hydrogens is 368 g/mol. The van der Waals surface area contributed by atoms with Crippen LogP contribution >= 0.6 is 0 Å². The van der Waals surface area contributed by atoms with E-state index in [-0.39, 0.29) is 0 Å². The van der Waals surface area contributed by atoms with Crippen molar-refractivity contribution >= 4 is 0 Å². The quantitative estimate of drug-likeness (QED) is 0.465. The normalized spacial score (nSPS) is 11.5. The van der Waals surface area contributed by atoms with Gasteiger partial charge in [-0.05, 0) is 119 Å². The molecular formula is C28H34O2. The summed E-state index contributed by atoms with van der Waals surface area (Å²) in [6.45, 7) is 16.8. The van der Waals surface area contributed by atoms with Gasteiger partial charge in [-0.2, -0.15) is 0 Å². The molecule has 0 radical (unpaired) electrons. The van der Waals surface area contributed by atoms with Gasteiger partial charge >= 0.3 is 0 Å². The van der Waals surface area contributed by atoms with Crippen LogP contribution in [0.15, 0.2) is 36.4 Å². The molecule has 0 atom stereocenters. The third-order valence-corrected chi connectivity index (χ3v) is 6.06. The zero-order chi connectivity index (χ0) is 22.3. The van der Waals surface area contributed by atoms with Crippen molar-refractivity contribution in [1.29, 1.82) is 0 Å². The number of hydrogen-bond donors (Lipinski definition) is 2. The Kier molecular flexibility index (Phi) is 5.99. The van der Waals surface area contributed by atoms with Gasteiger partial charge in [0.2, 0.25) is 0 Å². The SMILES string of the molecule is Cc1cc(-c2ccc(C(C)C)c(C(C)C)c2-c2cc(C)c(O)c(C)c2)cc(C)c1O. The van der Waals surface area contributed by atoms with Gasteiger partial charge in [-0.1, -0.05) is 39.8 Å². The van der Waals surface area contributed by atoms with E-state index in [1.54, 1.807) is 0 Å². The van der Waals surface area contributed by atoms with Crippen LogP contribution in [0.4, 0.5) is 0 Å². The Balaban J connectivity index is 2.47. The zero-order valence-electron chi connectivity index (χ0n) is 19.5. The Morgan fingerprint density at radius 3 is 1.43 bits per heavy atom. The van der Waals surface area contributed by atoms with Gasteiger partial charge in [-0.25, -0.2) is 0 Å². The fraction of sp³-hybridized carbons (Fsp3) is 0.357. The van der Waals surface area contributed by atoms with Crippen molar-refractivity contribution in [1.82, 2.24) is 0 Å². The fourth-order valence-electron chi connectivity index (χ4n) is 4.52. The summed E-state index contributed by atoms with van der Waals surface area (Å²) in [7, 11) is 0. The molecule has 0 unspecified atom stereocenters. The Morgan fingerprint density at radius 2 is 1.03 bits per heavy atom. The second-order valence-electron chi connectivity index (χ2n) is 9.22. The van der Waals surface area contributed by atoms with Gasteiger partial charge in [0.15, 0.2) is 0 Å². The maximum Gasteiger partial charge on any atom is 0.121 e. The van der Waals surface area contributed by atoms with Crippen molar-refractivity contribution in [3.05, 3.63) is 69.8 Å². The molecule has 0 aliphatic carbocycles.